The molecule has 3 nitrogen and oxygen atoms in total. The van der Waals surface area contributed by atoms with Crippen molar-refractivity contribution < 1.29 is 0 Å². The molecule has 0 amide bonds. The molecule has 1 aromatic rings. The highest BCUT2D eigenvalue weighted by atomic mass is 15.3. The minimum atomic E-state index is 0.343. The molecule has 0 aromatic carbocycles. The van der Waals surface area contributed by atoms with Gasteiger partial charge in [0.05, 0.1) is 5.69 Å². The maximum absolute atomic E-state index is 4.38. The molecule has 0 aliphatic heterocycles. The number of hydrogen-bond donors (Lipinski definition) is 1. The summed E-state index contributed by atoms with van der Waals surface area (Å²) in [5, 5.41) is 8.03. The Labute approximate surface area is 91.9 Å². The first-order valence-corrected chi connectivity index (χ1v) is 5.92. The third kappa shape index (κ3) is 2.81. The van der Waals surface area contributed by atoms with Gasteiger partial charge in [-0.2, -0.15) is 5.10 Å². The van der Waals surface area contributed by atoms with Crippen LogP contribution in [0.1, 0.15) is 44.7 Å². The fraction of sp³-hybridized carbons (Fsp3) is 0.750. The molecule has 0 unspecified atom stereocenters. The van der Waals surface area contributed by atoms with Crippen LogP contribution < -0.4 is 5.32 Å². The Morgan fingerprint density at radius 3 is 2.73 bits per heavy atom. The van der Waals surface area contributed by atoms with Crippen molar-refractivity contribution >= 4 is 0 Å². The van der Waals surface area contributed by atoms with E-state index in [-0.39, 0.29) is 0 Å². The van der Waals surface area contributed by atoms with Gasteiger partial charge in [0.2, 0.25) is 0 Å². The average Bonchev–Trinajstić information content (AvgIpc) is 2.63. The third-order valence-electron chi connectivity index (χ3n) is 3.42. The Morgan fingerprint density at radius 2 is 2.13 bits per heavy atom. The summed E-state index contributed by atoms with van der Waals surface area (Å²) in [5.74, 6) is 0. The van der Waals surface area contributed by atoms with Crippen LogP contribution in [-0.2, 0) is 13.6 Å². The molecule has 2 rings (SSSR count). The SMILES string of the molecule is Cn1ccc(CNC2(C)CCCCC2)n1. The van der Waals surface area contributed by atoms with Gasteiger partial charge in [-0.05, 0) is 25.8 Å². The Kier molecular flexibility index (Phi) is 3.10. The van der Waals surface area contributed by atoms with Crippen molar-refractivity contribution in [2.75, 3.05) is 0 Å². The molecule has 1 N–H and O–H groups in total. The van der Waals surface area contributed by atoms with Crippen molar-refractivity contribution in [3.63, 3.8) is 0 Å². The molecule has 0 spiro atoms. The van der Waals surface area contributed by atoms with E-state index in [2.05, 4.69) is 23.4 Å². The van der Waals surface area contributed by atoms with Gasteiger partial charge in [-0.25, -0.2) is 0 Å². The van der Waals surface area contributed by atoms with Crippen molar-refractivity contribution in [3.8, 4) is 0 Å². The van der Waals surface area contributed by atoms with E-state index >= 15 is 0 Å². The largest absolute Gasteiger partial charge is 0.306 e. The summed E-state index contributed by atoms with van der Waals surface area (Å²) in [4.78, 5) is 0. The van der Waals surface area contributed by atoms with Gasteiger partial charge in [-0.15, -0.1) is 0 Å². The van der Waals surface area contributed by atoms with Gasteiger partial charge < -0.3 is 5.32 Å². The molecule has 1 aliphatic carbocycles. The van der Waals surface area contributed by atoms with Gasteiger partial charge in [-0.3, -0.25) is 4.68 Å². The monoisotopic (exact) mass is 207 g/mol. The normalized spacial score (nSPS) is 20.4. The minimum absolute atomic E-state index is 0.343. The lowest BCUT2D eigenvalue weighted by Crippen LogP contribution is -2.43. The number of nitrogens with zero attached hydrogens (tertiary/aromatic N) is 2. The third-order valence-corrected chi connectivity index (χ3v) is 3.42. The zero-order valence-electron chi connectivity index (χ0n) is 9.79. The maximum atomic E-state index is 4.38. The Balaban J connectivity index is 1.86. The van der Waals surface area contributed by atoms with Crippen molar-refractivity contribution in [1.29, 1.82) is 0 Å². The second-order valence-electron chi connectivity index (χ2n) is 4.96. The highest BCUT2D eigenvalue weighted by molar-refractivity contribution is 5.00. The summed E-state index contributed by atoms with van der Waals surface area (Å²) in [6.07, 6.45) is 8.75. The number of nitrogens with one attached hydrogen (secondary N) is 1. The Bertz CT molecular complexity index is 310. The number of rotatable bonds is 3. The molecule has 1 fully saturated rings. The van der Waals surface area contributed by atoms with Gasteiger partial charge in [-0.1, -0.05) is 19.3 Å². The summed E-state index contributed by atoms with van der Waals surface area (Å²) in [6, 6.07) is 2.08. The maximum Gasteiger partial charge on any atom is 0.0762 e. The van der Waals surface area contributed by atoms with Crippen LogP contribution in [0.3, 0.4) is 0 Å². The average molecular weight is 207 g/mol. The second-order valence-corrected chi connectivity index (χ2v) is 4.96. The molecule has 84 valence electrons. The predicted octanol–water partition coefficient (Wildman–Crippen LogP) is 2.23. The number of aromatic nitrogens is 2. The Morgan fingerprint density at radius 1 is 1.40 bits per heavy atom. The van der Waals surface area contributed by atoms with Crippen molar-refractivity contribution in [2.24, 2.45) is 7.05 Å². The van der Waals surface area contributed by atoms with Gasteiger partial charge in [0, 0.05) is 25.3 Å². The zero-order valence-corrected chi connectivity index (χ0v) is 9.79. The first-order valence-electron chi connectivity index (χ1n) is 5.92. The minimum Gasteiger partial charge on any atom is -0.306 e. The predicted molar refractivity (Wildman–Crippen MR) is 61.5 cm³/mol. The molecule has 1 aliphatic rings. The zero-order chi connectivity index (χ0) is 10.7. The van der Waals surface area contributed by atoms with E-state index in [0.717, 1.165) is 12.2 Å². The highest BCUT2D eigenvalue weighted by Gasteiger charge is 2.25. The lowest BCUT2D eigenvalue weighted by molar-refractivity contribution is 0.251. The van der Waals surface area contributed by atoms with Gasteiger partial charge in [0.25, 0.3) is 0 Å². The lowest BCUT2D eigenvalue weighted by atomic mass is 9.83. The van der Waals surface area contributed by atoms with E-state index in [1.165, 1.54) is 32.1 Å². The molecule has 0 saturated heterocycles. The first kappa shape index (κ1) is 10.7. The van der Waals surface area contributed by atoms with Crippen molar-refractivity contribution in [3.05, 3.63) is 18.0 Å². The molecular formula is C12H21N3. The molecule has 3 heteroatoms. The summed E-state index contributed by atoms with van der Waals surface area (Å²) in [5.41, 5.74) is 1.49. The molecule has 15 heavy (non-hydrogen) atoms. The van der Waals surface area contributed by atoms with Crippen LogP contribution in [0.5, 0.6) is 0 Å². The molecule has 0 bridgehead atoms. The van der Waals surface area contributed by atoms with Gasteiger partial charge in [0.15, 0.2) is 0 Å². The van der Waals surface area contributed by atoms with Crippen LogP contribution >= 0.6 is 0 Å². The number of hydrogen-bond acceptors (Lipinski definition) is 2. The fourth-order valence-corrected chi connectivity index (χ4v) is 2.37. The molecule has 1 saturated carbocycles. The van der Waals surface area contributed by atoms with E-state index in [9.17, 15) is 0 Å². The van der Waals surface area contributed by atoms with Gasteiger partial charge in [0.1, 0.15) is 0 Å². The van der Waals surface area contributed by atoms with Crippen LogP contribution in [0.15, 0.2) is 12.3 Å². The van der Waals surface area contributed by atoms with E-state index in [4.69, 9.17) is 0 Å². The molecule has 1 aromatic heterocycles. The Hall–Kier alpha value is -0.830. The van der Waals surface area contributed by atoms with E-state index in [1.807, 2.05) is 17.9 Å². The standard InChI is InChI=1S/C12H21N3/c1-12(7-4-3-5-8-12)13-10-11-6-9-15(2)14-11/h6,9,13H,3-5,7-8,10H2,1-2H3. The summed E-state index contributed by atoms with van der Waals surface area (Å²) in [6.45, 7) is 3.24. The lowest BCUT2D eigenvalue weighted by Gasteiger charge is -2.34. The summed E-state index contributed by atoms with van der Waals surface area (Å²) >= 11 is 0. The molecular weight excluding hydrogens is 186 g/mol. The van der Waals surface area contributed by atoms with Crippen LogP contribution in [0, 0.1) is 0 Å². The van der Waals surface area contributed by atoms with E-state index in [1.54, 1.807) is 0 Å². The smallest absolute Gasteiger partial charge is 0.0762 e. The quantitative estimate of drug-likeness (QED) is 0.823. The van der Waals surface area contributed by atoms with Crippen molar-refractivity contribution in [2.45, 2.75) is 51.1 Å². The van der Waals surface area contributed by atoms with Crippen LogP contribution in [0.4, 0.5) is 0 Å². The highest BCUT2D eigenvalue weighted by Crippen LogP contribution is 2.27. The van der Waals surface area contributed by atoms with Gasteiger partial charge >= 0.3 is 0 Å². The summed E-state index contributed by atoms with van der Waals surface area (Å²) < 4.78 is 1.86. The number of aryl methyl sites for hydroxylation is 1. The van der Waals surface area contributed by atoms with Crippen LogP contribution in [-0.4, -0.2) is 15.3 Å². The first-order chi connectivity index (χ1) is 7.18. The fourth-order valence-electron chi connectivity index (χ4n) is 2.37. The topological polar surface area (TPSA) is 29.9 Å². The molecule has 0 radical (unpaired) electrons. The van der Waals surface area contributed by atoms with Crippen LogP contribution in [0.25, 0.3) is 0 Å². The van der Waals surface area contributed by atoms with Crippen LogP contribution in [0.2, 0.25) is 0 Å². The molecule has 0 atom stereocenters. The summed E-state index contributed by atoms with van der Waals surface area (Å²) in [7, 11) is 1.96. The van der Waals surface area contributed by atoms with Crippen molar-refractivity contribution in [1.82, 2.24) is 15.1 Å². The molecule has 1 heterocycles. The van der Waals surface area contributed by atoms with E-state index in [0.29, 0.717) is 5.54 Å². The van der Waals surface area contributed by atoms with E-state index < -0.39 is 0 Å². The second kappa shape index (κ2) is 4.35.